The Morgan fingerprint density at radius 3 is 2.33 bits per heavy atom. The molecule has 0 radical (unpaired) electrons. The molecule has 1 amide bonds. The third-order valence-corrected chi connectivity index (χ3v) is 4.83. The number of hydrogen-bond donors (Lipinski definition) is 0. The average molecular weight is 341 g/mol. The molecule has 2 saturated heterocycles. The molecular formula is C19H35NO4. The molecule has 5 nitrogen and oxygen atoms in total. The molecule has 0 aromatic rings. The Bertz CT molecular complexity index is 453. The van der Waals surface area contributed by atoms with Gasteiger partial charge in [0.15, 0.2) is 0 Å². The summed E-state index contributed by atoms with van der Waals surface area (Å²) < 4.78 is 17.9. The van der Waals surface area contributed by atoms with Crippen molar-refractivity contribution in [3.63, 3.8) is 0 Å². The van der Waals surface area contributed by atoms with Crippen molar-refractivity contribution in [3.05, 3.63) is 0 Å². The van der Waals surface area contributed by atoms with Gasteiger partial charge in [-0.25, -0.2) is 4.79 Å². The molecule has 0 aromatic carbocycles. The predicted octanol–water partition coefficient (Wildman–Crippen LogP) is 4.20. The molecule has 0 bridgehead atoms. The van der Waals surface area contributed by atoms with Crippen LogP contribution in [0.15, 0.2) is 0 Å². The highest BCUT2D eigenvalue weighted by atomic mass is 16.6. The van der Waals surface area contributed by atoms with Gasteiger partial charge in [0.1, 0.15) is 17.4 Å². The van der Waals surface area contributed by atoms with Crippen molar-refractivity contribution in [1.29, 1.82) is 0 Å². The van der Waals surface area contributed by atoms with Crippen molar-refractivity contribution in [2.45, 2.75) is 97.8 Å². The van der Waals surface area contributed by atoms with Gasteiger partial charge >= 0.3 is 6.09 Å². The van der Waals surface area contributed by atoms with Crippen molar-refractivity contribution < 1.29 is 19.0 Å². The fourth-order valence-corrected chi connectivity index (χ4v) is 3.75. The molecule has 2 fully saturated rings. The summed E-state index contributed by atoms with van der Waals surface area (Å²) >= 11 is 0. The molecule has 0 unspecified atom stereocenters. The normalized spacial score (nSPS) is 32.8. The number of carbonyl (C=O) groups excluding carboxylic acids is 1. The molecule has 4 atom stereocenters. The van der Waals surface area contributed by atoms with E-state index in [0.717, 1.165) is 19.4 Å². The van der Waals surface area contributed by atoms with Gasteiger partial charge < -0.3 is 14.2 Å². The SMILES string of the molecule is CC[C@H]1CO[C@@H]1[C@@H]1OC(C)(C)N(C(=O)OC(C)(C)C)[C@H]1CC(C)C. The molecule has 2 aliphatic rings. The largest absolute Gasteiger partial charge is 0.444 e. The highest BCUT2D eigenvalue weighted by Crippen LogP contribution is 2.42. The number of ether oxygens (including phenoxy) is 3. The van der Waals surface area contributed by atoms with Crippen molar-refractivity contribution in [2.24, 2.45) is 11.8 Å². The predicted molar refractivity (Wildman–Crippen MR) is 93.8 cm³/mol. The Labute approximate surface area is 147 Å². The summed E-state index contributed by atoms with van der Waals surface area (Å²) in [7, 11) is 0. The second kappa shape index (κ2) is 6.83. The van der Waals surface area contributed by atoms with Crippen LogP contribution in [-0.4, -0.2) is 47.2 Å². The van der Waals surface area contributed by atoms with Gasteiger partial charge in [-0.15, -0.1) is 0 Å². The van der Waals surface area contributed by atoms with E-state index in [4.69, 9.17) is 14.2 Å². The monoisotopic (exact) mass is 341 g/mol. The first-order chi connectivity index (χ1) is 11.0. The third kappa shape index (κ3) is 4.05. The second-order valence-electron chi connectivity index (χ2n) is 9.04. The van der Waals surface area contributed by atoms with E-state index in [0.29, 0.717) is 11.8 Å². The van der Waals surface area contributed by atoms with Crippen molar-refractivity contribution in [2.75, 3.05) is 6.61 Å². The summed E-state index contributed by atoms with van der Waals surface area (Å²) in [5.74, 6) is 0.971. The van der Waals surface area contributed by atoms with Gasteiger partial charge in [0.25, 0.3) is 0 Å². The van der Waals surface area contributed by atoms with Crippen LogP contribution >= 0.6 is 0 Å². The van der Waals surface area contributed by atoms with Crippen LogP contribution in [0.4, 0.5) is 4.79 Å². The minimum atomic E-state index is -0.691. The van der Waals surface area contributed by atoms with E-state index in [1.165, 1.54) is 0 Å². The Morgan fingerprint density at radius 2 is 1.92 bits per heavy atom. The zero-order valence-electron chi connectivity index (χ0n) is 16.6. The maximum atomic E-state index is 12.9. The van der Waals surface area contributed by atoms with Crippen molar-refractivity contribution >= 4 is 6.09 Å². The Balaban J connectivity index is 2.26. The van der Waals surface area contributed by atoms with Gasteiger partial charge in [-0.3, -0.25) is 4.90 Å². The number of amides is 1. The van der Waals surface area contributed by atoms with E-state index in [1.807, 2.05) is 34.6 Å². The molecule has 0 saturated carbocycles. The van der Waals surface area contributed by atoms with E-state index >= 15 is 0 Å². The van der Waals surface area contributed by atoms with E-state index < -0.39 is 11.3 Å². The maximum absolute atomic E-state index is 12.9. The van der Waals surface area contributed by atoms with Gasteiger partial charge in [0.2, 0.25) is 0 Å². The van der Waals surface area contributed by atoms with Crippen LogP contribution in [-0.2, 0) is 14.2 Å². The quantitative estimate of drug-likeness (QED) is 0.769. The van der Waals surface area contributed by atoms with Crippen LogP contribution in [0, 0.1) is 11.8 Å². The summed E-state index contributed by atoms with van der Waals surface area (Å²) in [6, 6.07) is -0.0193. The van der Waals surface area contributed by atoms with E-state index in [1.54, 1.807) is 4.90 Å². The summed E-state index contributed by atoms with van der Waals surface area (Å²) in [5, 5.41) is 0. The van der Waals surface area contributed by atoms with Gasteiger partial charge in [0.05, 0.1) is 18.8 Å². The number of hydrogen-bond acceptors (Lipinski definition) is 4. The lowest BCUT2D eigenvalue weighted by Gasteiger charge is -2.42. The summed E-state index contributed by atoms with van der Waals surface area (Å²) in [6.07, 6.45) is 1.64. The zero-order chi connectivity index (χ0) is 18.3. The van der Waals surface area contributed by atoms with Crippen LogP contribution in [0.3, 0.4) is 0 Å². The first kappa shape index (κ1) is 19.5. The molecule has 2 heterocycles. The minimum Gasteiger partial charge on any atom is -0.444 e. The van der Waals surface area contributed by atoms with Crippen molar-refractivity contribution in [1.82, 2.24) is 4.90 Å². The van der Waals surface area contributed by atoms with E-state index in [9.17, 15) is 4.79 Å². The lowest BCUT2D eigenvalue weighted by atomic mass is 9.85. The fourth-order valence-electron chi connectivity index (χ4n) is 3.75. The van der Waals surface area contributed by atoms with Crippen LogP contribution in [0.1, 0.15) is 68.2 Å². The average Bonchev–Trinajstić information content (AvgIpc) is 2.56. The topological polar surface area (TPSA) is 48.0 Å². The number of nitrogens with zero attached hydrogens (tertiary/aromatic N) is 1. The molecular weight excluding hydrogens is 306 g/mol. The van der Waals surface area contributed by atoms with Gasteiger partial charge in [-0.05, 0) is 53.4 Å². The molecule has 2 aliphatic heterocycles. The molecule has 24 heavy (non-hydrogen) atoms. The molecule has 5 heteroatoms. The molecule has 0 aromatic heterocycles. The van der Waals surface area contributed by atoms with Crippen LogP contribution in [0.25, 0.3) is 0 Å². The number of carbonyl (C=O) groups is 1. The third-order valence-electron chi connectivity index (χ3n) is 4.83. The van der Waals surface area contributed by atoms with Crippen molar-refractivity contribution in [3.8, 4) is 0 Å². The highest BCUT2D eigenvalue weighted by Gasteiger charge is 2.56. The second-order valence-corrected chi connectivity index (χ2v) is 9.04. The molecule has 2 rings (SSSR count). The van der Waals surface area contributed by atoms with E-state index in [-0.39, 0.29) is 24.3 Å². The standard InChI is InChI=1S/C19H35NO4/c1-9-13-11-22-15(13)16-14(10-12(2)3)20(19(7,8)23-16)17(21)24-18(4,5)6/h12-16H,9-11H2,1-8H3/t13-,14-,15-,16+/m0/s1. The lowest BCUT2D eigenvalue weighted by molar-refractivity contribution is -0.193. The first-order valence-electron chi connectivity index (χ1n) is 9.28. The lowest BCUT2D eigenvalue weighted by Crippen LogP contribution is -2.54. The Hall–Kier alpha value is -0.810. The van der Waals surface area contributed by atoms with Gasteiger partial charge in [-0.1, -0.05) is 20.8 Å². The molecule has 0 aliphatic carbocycles. The highest BCUT2D eigenvalue weighted by molar-refractivity contribution is 5.70. The van der Waals surface area contributed by atoms with Gasteiger partial charge in [0, 0.05) is 5.92 Å². The van der Waals surface area contributed by atoms with Gasteiger partial charge in [-0.2, -0.15) is 0 Å². The van der Waals surface area contributed by atoms with E-state index in [2.05, 4.69) is 20.8 Å². The zero-order valence-corrected chi connectivity index (χ0v) is 16.6. The fraction of sp³-hybridized carbons (Fsp3) is 0.947. The van der Waals surface area contributed by atoms with Crippen LogP contribution in [0.5, 0.6) is 0 Å². The first-order valence-corrected chi connectivity index (χ1v) is 9.28. The molecule has 0 spiro atoms. The summed E-state index contributed by atoms with van der Waals surface area (Å²) in [5.41, 5.74) is -1.21. The van der Waals surface area contributed by atoms with Crippen LogP contribution in [0.2, 0.25) is 0 Å². The van der Waals surface area contributed by atoms with Crippen LogP contribution < -0.4 is 0 Å². The Morgan fingerprint density at radius 1 is 1.29 bits per heavy atom. The maximum Gasteiger partial charge on any atom is 0.412 e. The smallest absolute Gasteiger partial charge is 0.412 e. The number of rotatable bonds is 4. The Kier molecular flexibility index (Phi) is 5.55. The summed E-state index contributed by atoms with van der Waals surface area (Å²) in [6.45, 7) is 16.9. The minimum absolute atomic E-state index is 0.0193. The molecule has 140 valence electrons. The molecule has 0 N–H and O–H groups in total. The summed E-state index contributed by atoms with van der Waals surface area (Å²) in [4.78, 5) is 14.7.